The molecule has 0 bridgehead atoms. The van der Waals surface area contributed by atoms with Crippen LogP contribution in [0.4, 0.5) is 11.4 Å². The van der Waals surface area contributed by atoms with Crippen LogP contribution in [-0.4, -0.2) is 63.3 Å². The van der Waals surface area contributed by atoms with Gasteiger partial charge < -0.3 is 29.9 Å². The highest BCUT2D eigenvalue weighted by molar-refractivity contribution is 9.11. The van der Waals surface area contributed by atoms with Crippen LogP contribution in [0.1, 0.15) is 25.7 Å². The molecule has 2 atom stereocenters. The van der Waals surface area contributed by atoms with Gasteiger partial charge in [-0.2, -0.15) is 0 Å². The van der Waals surface area contributed by atoms with Crippen molar-refractivity contribution in [3.63, 3.8) is 0 Å². The zero-order chi connectivity index (χ0) is 24.8. The maximum absolute atomic E-state index is 13.4. The average Bonchev–Trinajstić information content (AvgIpc) is 3.63. The van der Waals surface area contributed by atoms with Crippen LogP contribution in [0.2, 0.25) is 0 Å². The van der Waals surface area contributed by atoms with E-state index in [4.69, 9.17) is 9.47 Å². The van der Waals surface area contributed by atoms with E-state index in [0.717, 1.165) is 70.2 Å². The van der Waals surface area contributed by atoms with E-state index in [2.05, 4.69) is 42.5 Å². The summed E-state index contributed by atoms with van der Waals surface area (Å²) >= 11 is 7.47. The molecule has 2 saturated heterocycles. The van der Waals surface area contributed by atoms with E-state index in [1.165, 1.54) is 0 Å². The first-order valence-electron chi connectivity index (χ1n) is 12.5. The number of carbonyl (C=O) groups excluding carboxylic acids is 2. The molecule has 2 aromatic carbocycles. The lowest BCUT2D eigenvalue weighted by atomic mass is 9.99. The summed E-state index contributed by atoms with van der Waals surface area (Å²) in [6.45, 7) is 3.55. The number of benzene rings is 2. The van der Waals surface area contributed by atoms with Gasteiger partial charge in [0.15, 0.2) is 11.5 Å². The number of carbonyl (C=O) groups is 2. The molecule has 2 fully saturated rings. The highest BCUT2D eigenvalue weighted by Gasteiger charge is 2.36. The van der Waals surface area contributed by atoms with E-state index < -0.39 is 0 Å². The maximum atomic E-state index is 13.4. The normalized spacial score (nSPS) is 23.1. The quantitative estimate of drug-likeness (QED) is 0.543. The summed E-state index contributed by atoms with van der Waals surface area (Å²) in [5.41, 5.74) is 3.12. The number of rotatable bonds is 3. The molecule has 0 radical (unpaired) electrons. The Morgan fingerprint density at radius 2 is 1.19 bits per heavy atom. The number of hydrogen-bond donors (Lipinski definition) is 2. The molecule has 0 aromatic heterocycles. The standard InChI is InChI=1S/C26H28Br2N4O4/c27-15-5-7-19-23(35-13-11-31(19)25(33)17-3-1-9-29-17)21(15)22-16(28)6-8-20-24(22)36-14-12-32(20)26(34)18-4-2-10-30-18/h5-8,17-18,29-30H,1-4,9-14H2. The van der Waals surface area contributed by atoms with Crippen LogP contribution in [0.25, 0.3) is 11.1 Å². The second-order valence-electron chi connectivity index (χ2n) is 9.52. The molecule has 6 rings (SSSR count). The SMILES string of the molecule is O=C(C1CCCN1)N1CCOc2c1ccc(Br)c2-c1c(Br)ccc2c1OCCN2C(=O)C1CCCN1. The predicted molar refractivity (Wildman–Crippen MR) is 145 cm³/mol. The molecule has 2 unspecified atom stereocenters. The second kappa shape index (κ2) is 9.96. The fourth-order valence-electron chi connectivity index (χ4n) is 5.62. The number of nitrogens with zero attached hydrogens (tertiary/aromatic N) is 2. The lowest BCUT2D eigenvalue weighted by molar-refractivity contribution is -0.121. The van der Waals surface area contributed by atoms with Gasteiger partial charge in [-0.05, 0) is 63.0 Å². The molecule has 190 valence electrons. The molecule has 2 aromatic rings. The van der Waals surface area contributed by atoms with Gasteiger partial charge in [-0.25, -0.2) is 0 Å². The Morgan fingerprint density at radius 3 is 1.58 bits per heavy atom. The Balaban J connectivity index is 1.45. The molecule has 36 heavy (non-hydrogen) atoms. The number of amides is 2. The Hall–Kier alpha value is -2.14. The minimum atomic E-state index is -0.161. The minimum absolute atomic E-state index is 0.0802. The van der Waals surface area contributed by atoms with Crippen molar-refractivity contribution in [2.24, 2.45) is 0 Å². The largest absolute Gasteiger partial charge is 0.489 e. The van der Waals surface area contributed by atoms with Crippen molar-refractivity contribution < 1.29 is 19.1 Å². The molecule has 2 N–H and O–H groups in total. The summed E-state index contributed by atoms with van der Waals surface area (Å²) < 4.78 is 14.1. The van der Waals surface area contributed by atoms with Crippen LogP contribution in [-0.2, 0) is 9.59 Å². The lowest BCUT2D eigenvalue weighted by Crippen LogP contribution is -2.47. The van der Waals surface area contributed by atoms with Gasteiger partial charge in [-0.1, -0.05) is 31.9 Å². The lowest BCUT2D eigenvalue weighted by Gasteiger charge is -2.35. The van der Waals surface area contributed by atoms with Crippen LogP contribution < -0.4 is 29.9 Å². The van der Waals surface area contributed by atoms with Crippen LogP contribution in [0.15, 0.2) is 33.2 Å². The fourth-order valence-corrected chi connectivity index (χ4v) is 6.64. The van der Waals surface area contributed by atoms with E-state index in [0.29, 0.717) is 37.8 Å². The molecule has 8 nitrogen and oxygen atoms in total. The number of ether oxygens (including phenoxy) is 2. The number of halogens is 2. The van der Waals surface area contributed by atoms with Crippen molar-refractivity contribution in [3.05, 3.63) is 33.2 Å². The molecular formula is C26H28Br2N4O4. The maximum Gasteiger partial charge on any atom is 0.244 e. The first-order chi connectivity index (χ1) is 17.5. The van der Waals surface area contributed by atoms with Crippen molar-refractivity contribution in [2.45, 2.75) is 37.8 Å². The van der Waals surface area contributed by atoms with Gasteiger partial charge in [0.1, 0.15) is 13.2 Å². The average molecular weight is 620 g/mol. The van der Waals surface area contributed by atoms with E-state index >= 15 is 0 Å². The molecule has 4 heterocycles. The van der Waals surface area contributed by atoms with Crippen LogP contribution in [0, 0.1) is 0 Å². The van der Waals surface area contributed by atoms with Gasteiger partial charge in [0.2, 0.25) is 11.8 Å². The summed E-state index contributed by atoms with van der Waals surface area (Å²) in [5, 5.41) is 6.64. The molecule has 4 aliphatic rings. The fraction of sp³-hybridized carbons (Fsp3) is 0.462. The van der Waals surface area contributed by atoms with Gasteiger partial charge in [-0.15, -0.1) is 0 Å². The van der Waals surface area contributed by atoms with Crippen LogP contribution in [0.5, 0.6) is 11.5 Å². The summed E-state index contributed by atoms with van der Waals surface area (Å²) in [6, 6.07) is 7.44. The summed E-state index contributed by atoms with van der Waals surface area (Å²) in [5.74, 6) is 1.44. The Labute approximate surface area is 226 Å². The molecule has 2 amide bonds. The Kier molecular flexibility index (Phi) is 6.70. The van der Waals surface area contributed by atoms with Gasteiger partial charge in [0, 0.05) is 20.1 Å². The molecule has 0 spiro atoms. The summed E-state index contributed by atoms with van der Waals surface area (Å²) in [4.78, 5) is 30.4. The Morgan fingerprint density at radius 1 is 0.750 bits per heavy atom. The predicted octanol–water partition coefficient (Wildman–Crippen LogP) is 3.83. The number of nitrogens with one attached hydrogen (secondary N) is 2. The van der Waals surface area contributed by atoms with Crippen molar-refractivity contribution in [2.75, 3.05) is 49.2 Å². The number of hydrogen-bond acceptors (Lipinski definition) is 6. The first kappa shape index (κ1) is 24.2. The van der Waals surface area contributed by atoms with Crippen LogP contribution in [0.3, 0.4) is 0 Å². The van der Waals surface area contributed by atoms with Crippen molar-refractivity contribution >= 4 is 55.0 Å². The van der Waals surface area contributed by atoms with Crippen molar-refractivity contribution in [1.82, 2.24) is 10.6 Å². The monoisotopic (exact) mass is 618 g/mol. The van der Waals surface area contributed by atoms with E-state index in [1.807, 2.05) is 34.1 Å². The van der Waals surface area contributed by atoms with Crippen molar-refractivity contribution in [1.29, 1.82) is 0 Å². The highest BCUT2D eigenvalue weighted by Crippen LogP contribution is 2.53. The van der Waals surface area contributed by atoms with Crippen molar-refractivity contribution in [3.8, 4) is 22.6 Å². The van der Waals surface area contributed by atoms with E-state index in [1.54, 1.807) is 0 Å². The van der Waals surface area contributed by atoms with Gasteiger partial charge in [0.05, 0.1) is 36.5 Å². The minimum Gasteiger partial charge on any atom is -0.489 e. The third-order valence-electron chi connectivity index (χ3n) is 7.38. The van der Waals surface area contributed by atoms with Crippen LogP contribution >= 0.6 is 31.9 Å². The smallest absolute Gasteiger partial charge is 0.244 e. The third-order valence-corrected chi connectivity index (χ3v) is 8.70. The first-order valence-corrected chi connectivity index (χ1v) is 14.1. The topological polar surface area (TPSA) is 83.1 Å². The molecule has 10 heteroatoms. The Bertz CT molecular complexity index is 1120. The number of anilines is 2. The van der Waals surface area contributed by atoms with Gasteiger partial charge in [-0.3, -0.25) is 9.59 Å². The summed E-state index contributed by atoms with van der Waals surface area (Å²) in [7, 11) is 0. The molecule has 4 aliphatic heterocycles. The number of fused-ring (bicyclic) bond motifs is 2. The third kappa shape index (κ3) is 4.12. The van der Waals surface area contributed by atoms with Gasteiger partial charge >= 0.3 is 0 Å². The van der Waals surface area contributed by atoms with Gasteiger partial charge in [0.25, 0.3) is 0 Å². The highest BCUT2D eigenvalue weighted by atomic mass is 79.9. The molecule has 0 saturated carbocycles. The molecular weight excluding hydrogens is 592 g/mol. The zero-order valence-corrected chi connectivity index (χ0v) is 23.0. The summed E-state index contributed by atoms with van der Waals surface area (Å²) in [6.07, 6.45) is 3.71. The second-order valence-corrected chi connectivity index (χ2v) is 11.2. The van der Waals surface area contributed by atoms with E-state index in [9.17, 15) is 9.59 Å². The van der Waals surface area contributed by atoms with E-state index in [-0.39, 0.29) is 23.9 Å². The molecule has 0 aliphatic carbocycles. The zero-order valence-electron chi connectivity index (χ0n) is 19.8.